The highest BCUT2D eigenvalue weighted by molar-refractivity contribution is 8.15. The summed E-state index contributed by atoms with van der Waals surface area (Å²) in [4.78, 5) is 11.5. The minimum atomic E-state index is -1.18. The van der Waals surface area contributed by atoms with Gasteiger partial charge in [-0.1, -0.05) is 11.8 Å². The van der Waals surface area contributed by atoms with Crippen LogP contribution in [0, 0.1) is 30.3 Å². The van der Waals surface area contributed by atoms with Gasteiger partial charge in [-0.3, -0.25) is 4.79 Å². The molecule has 0 radical (unpaired) electrons. The first-order chi connectivity index (χ1) is 14.3. The summed E-state index contributed by atoms with van der Waals surface area (Å²) < 4.78 is 48.8. The summed E-state index contributed by atoms with van der Waals surface area (Å²) in [5.41, 5.74) is 6.57. The number of aryl methyl sites for hydroxylation is 1. The smallest absolute Gasteiger partial charge is 0.241 e. The van der Waals surface area contributed by atoms with Gasteiger partial charge in [-0.2, -0.15) is 5.10 Å². The zero-order valence-corrected chi connectivity index (χ0v) is 17.2. The lowest BCUT2D eigenvalue weighted by atomic mass is 9.86. The lowest BCUT2D eigenvalue weighted by Crippen LogP contribution is -2.51. The number of thioether (sulfide) groups is 1. The Morgan fingerprint density at radius 3 is 2.77 bits per heavy atom. The molecule has 0 saturated heterocycles. The van der Waals surface area contributed by atoms with Crippen LogP contribution in [0.15, 0.2) is 35.4 Å². The van der Waals surface area contributed by atoms with Crippen LogP contribution < -0.4 is 10.5 Å². The number of hydrogen-bond acceptors (Lipinski definition) is 5. The Hall–Kier alpha value is -2.52. The Balaban J connectivity index is 1.93. The molecular weight excluding hydrogens is 415 g/mol. The minimum absolute atomic E-state index is 0.0600. The second-order valence-corrected chi connectivity index (χ2v) is 8.55. The largest absolute Gasteiger partial charge is 0.493 e. The molecule has 2 aromatic rings. The van der Waals surface area contributed by atoms with E-state index >= 15 is 0 Å². The van der Waals surface area contributed by atoms with E-state index in [-0.39, 0.29) is 23.1 Å². The van der Waals surface area contributed by atoms with Gasteiger partial charge in [-0.25, -0.2) is 18.2 Å². The fraction of sp³-hybridized carbons (Fsp3) is 0.333. The normalized spacial score (nSPS) is 22.7. The Morgan fingerprint density at radius 2 is 2.07 bits per heavy atom. The van der Waals surface area contributed by atoms with Crippen molar-refractivity contribution in [2.45, 2.75) is 25.1 Å². The number of rotatable bonds is 3. The van der Waals surface area contributed by atoms with Gasteiger partial charge in [0.05, 0.1) is 6.61 Å². The number of hydrazone groups is 1. The maximum Gasteiger partial charge on any atom is 0.241 e. The summed E-state index contributed by atoms with van der Waals surface area (Å²) in [6.45, 7) is 3.47. The summed E-state index contributed by atoms with van der Waals surface area (Å²) in [5.74, 6) is -2.08. The van der Waals surface area contributed by atoms with Crippen LogP contribution in [0.25, 0.3) is 0 Å². The molecule has 0 bridgehead atoms. The first kappa shape index (κ1) is 20.7. The molecule has 158 valence electrons. The van der Waals surface area contributed by atoms with Crippen LogP contribution in [-0.2, 0) is 9.67 Å². The van der Waals surface area contributed by atoms with Crippen molar-refractivity contribution in [2.75, 3.05) is 13.2 Å². The highest BCUT2D eigenvalue weighted by Gasteiger charge is 2.56. The Kier molecular flexibility index (Phi) is 5.27. The average molecular weight is 435 g/mol. The van der Waals surface area contributed by atoms with Crippen molar-refractivity contribution in [3.8, 4) is 5.75 Å². The first-order valence-electron chi connectivity index (χ1n) is 9.45. The number of carbonyl (C=O) groups excluding carboxylic acids is 1. The number of hydrogen-bond donors (Lipinski definition) is 1. The molecule has 0 aromatic heterocycles. The summed E-state index contributed by atoms with van der Waals surface area (Å²) in [6, 6.07) is 5.96. The van der Waals surface area contributed by atoms with Crippen LogP contribution in [-0.4, -0.2) is 29.1 Å². The lowest BCUT2D eigenvalue weighted by molar-refractivity contribution is -0.134. The maximum absolute atomic E-state index is 14.6. The Labute approximate surface area is 176 Å². The van der Waals surface area contributed by atoms with E-state index in [4.69, 9.17) is 10.5 Å². The molecule has 2 atom stereocenters. The molecule has 2 heterocycles. The summed E-state index contributed by atoms with van der Waals surface area (Å²) >= 11 is 1.10. The molecule has 0 aliphatic carbocycles. The molecule has 2 aliphatic heterocycles. The molecule has 0 saturated carbocycles. The predicted molar refractivity (Wildman–Crippen MR) is 108 cm³/mol. The van der Waals surface area contributed by atoms with E-state index < -0.39 is 28.2 Å². The molecule has 2 aromatic carbocycles. The van der Waals surface area contributed by atoms with E-state index in [2.05, 4.69) is 5.10 Å². The zero-order valence-electron chi connectivity index (χ0n) is 16.4. The van der Waals surface area contributed by atoms with Gasteiger partial charge in [0.15, 0.2) is 4.87 Å². The average Bonchev–Trinajstić information content (AvgIpc) is 3.09. The maximum atomic E-state index is 14.6. The van der Waals surface area contributed by atoms with E-state index in [1.165, 1.54) is 18.0 Å². The molecule has 1 spiro atoms. The van der Waals surface area contributed by atoms with Crippen LogP contribution >= 0.6 is 11.8 Å². The van der Waals surface area contributed by atoms with E-state index in [1.54, 1.807) is 13.0 Å². The Bertz CT molecular complexity index is 1060. The third-order valence-electron chi connectivity index (χ3n) is 5.37. The number of ether oxygens (including phenoxy) is 1. The van der Waals surface area contributed by atoms with Gasteiger partial charge in [-0.15, -0.1) is 0 Å². The lowest BCUT2D eigenvalue weighted by Gasteiger charge is -2.45. The number of benzene rings is 2. The van der Waals surface area contributed by atoms with Crippen molar-refractivity contribution in [3.05, 3.63) is 64.5 Å². The van der Waals surface area contributed by atoms with Gasteiger partial charge in [0, 0.05) is 24.0 Å². The number of halogens is 3. The number of nitrogens with zero attached hydrogens (tertiary/aromatic N) is 2. The van der Waals surface area contributed by atoms with Gasteiger partial charge in [0.25, 0.3) is 0 Å². The first-order valence-corrected chi connectivity index (χ1v) is 10.3. The SMILES string of the molecule is CC(=O)N1N=C(c2cc(F)ccc2F)S[C@@]12c1cc(F)c(C)cc1OC[C@H]2CCN. The summed E-state index contributed by atoms with van der Waals surface area (Å²) in [6.07, 6.45) is 0.458. The van der Waals surface area contributed by atoms with Crippen LogP contribution in [0.2, 0.25) is 0 Å². The molecule has 1 amide bonds. The van der Waals surface area contributed by atoms with Gasteiger partial charge in [0.2, 0.25) is 5.91 Å². The van der Waals surface area contributed by atoms with E-state index in [0.29, 0.717) is 29.8 Å². The predicted octanol–water partition coefficient (Wildman–Crippen LogP) is 3.88. The topological polar surface area (TPSA) is 67.9 Å². The van der Waals surface area contributed by atoms with Crippen molar-refractivity contribution in [1.29, 1.82) is 0 Å². The molecule has 0 unspecified atom stereocenters. The van der Waals surface area contributed by atoms with Crippen molar-refractivity contribution < 1.29 is 22.7 Å². The molecule has 30 heavy (non-hydrogen) atoms. The van der Waals surface area contributed by atoms with Crippen LogP contribution in [0.1, 0.15) is 30.0 Å². The molecule has 2 N–H and O–H groups in total. The minimum Gasteiger partial charge on any atom is -0.493 e. The standard InChI is InChI=1S/C21H20F3N3O2S/c1-11-7-19-16(9-18(11)24)21(13(5-6-25)10-29-19)27(12(2)28)26-20(30-21)15-8-14(22)3-4-17(15)23/h3-4,7-9,13H,5-6,10,25H2,1-2H3/t13-,21+/m1/s1. The molecular formula is C21H20F3N3O2S. The molecule has 9 heteroatoms. The van der Waals surface area contributed by atoms with Gasteiger partial charge >= 0.3 is 0 Å². The van der Waals surface area contributed by atoms with Gasteiger partial charge in [-0.05, 0) is 55.8 Å². The quantitative estimate of drug-likeness (QED) is 0.795. The summed E-state index contributed by atoms with van der Waals surface area (Å²) in [5, 5.41) is 5.73. The number of nitrogens with two attached hydrogens (primary N) is 1. The third kappa shape index (κ3) is 3.16. The van der Waals surface area contributed by atoms with Gasteiger partial charge < -0.3 is 10.5 Å². The van der Waals surface area contributed by atoms with Crippen molar-refractivity contribution in [3.63, 3.8) is 0 Å². The zero-order chi connectivity index (χ0) is 21.6. The summed E-state index contributed by atoms with van der Waals surface area (Å²) in [7, 11) is 0. The van der Waals surface area contributed by atoms with Gasteiger partial charge in [0.1, 0.15) is 28.2 Å². The third-order valence-corrected chi connectivity index (χ3v) is 6.90. The van der Waals surface area contributed by atoms with E-state index in [0.717, 1.165) is 30.0 Å². The number of carbonyl (C=O) groups is 1. The van der Waals surface area contributed by atoms with Crippen LogP contribution in [0.5, 0.6) is 5.75 Å². The Morgan fingerprint density at radius 1 is 1.30 bits per heavy atom. The molecule has 0 fully saturated rings. The second-order valence-electron chi connectivity index (χ2n) is 7.34. The van der Waals surface area contributed by atoms with Crippen LogP contribution in [0.3, 0.4) is 0 Å². The molecule has 4 rings (SSSR count). The van der Waals surface area contributed by atoms with Crippen molar-refractivity contribution >= 4 is 22.7 Å². The molecule has 2 aliphatic rings. The van der Waals surface area contributed by atoms with Crippen molar-refractivity contribution in [2.24, 2.45) is 16.8 Å². The number of fused-ring (bicyclic) bond motifs is 2. The fourth-order valence-corrected chi connectivity index (χ4v) is 5.50. The highest BCUT2D eigenvalue weighted by Crippen LogP contribution is 2.57. The van der Waals surface area contributed by atoms with E-state index in [1.807, 2.05) is 0 Å². The van der Waals surface area contributed by atoms with Crippen LogP contribution in [0.4, 0.5) is 13.2 Å². The monoisotopic (exact) mass is 435 g/mol. The number of amides is 1. The fourth-order valence-electron chi connectivity index (χ4n) is 3.93. The highest BCUT2D eigenvalue weighted by atomic mass is 32.2. The second kappa shape index (κ2) is 7.63. The van der Waals surface area contributed by atoms with Crippen molar-refractivity contribution in [1.82, 2.24) is 5.01 Å². The molecule has 5 nitrogen and oxygen atoms in total. The van der Waals surface area contributed by atoms with E-state index in [9.17, 15) is 18.0 Å².